The van der Waals surface area contributed by atoms with E-state index in [1.54, 1.807) is 31.2 Å². The van der Waals surface area contributed by atoms with E-state index in [0.29, 0.717) is 10.5 Å². The first-order valence-electron chi connectivity index (χ1n) is 8.93. The van der Waals surface area contributed by atoms with Crippen molar-refractivity contribution in [2.24, 2.45) is 4.99 Å². The van der Waals surface area contributed by atoms with Gasteiger partial charge in [0.15, 0.2) is 0 Å². The Bertz CT molecular complexity index is 1120. The van der Waals surface area contributed by atoms with Gasteiger partial charge in [0, 0.05) is 17.7 Å². The molecule has 2 aromatic carbocycles. The molecular formula is C21H18N2O6S. The van der Waals surface area contributed by atoms with Gasteiger partial charge < -0.3 is 14.9 Å². The first-order valence-corrected chi connectivity index (χ1v) is 9.75. The van der Waals surface area contributed by atoms with Crippen LogP contribution in [0.2, 0.25) is 0 Å². The lowest BCUT2D eigenvalue weighted by Gasteiger charge is -2.03. The number of nitrogens with zero attached hydrogens (tertiary/aromatic N) is 2. The summed E-state index contributed by atoms with van der Waals surface area (Å²) in [4.78, 5) is 27.5. The van der Waals surface area contributed by atoms with Crippen molar-refractivity contribution in [1.82, 2.24) is 0 Å². The van der Waals surface area contributed by atoms with Gasteiger partial charge in [-0.3, -0.25) is 10.1 Å². The van der Waals surface area contributed by atoms with Gasteiger partial charge in [-0.05, 0) is 37.6 Å². The molecule has 0 aliphatic carbocycles. The lowest BCUT2D eigenvalue weighted by Crippen LogP contribution is -2.12. The van der Waals surface area contributed by atoms with Gasteiger partial charge in [0.25, 0.3) is 5.69 Å². The second kappa shape index (κ2) is 8.83. The maximum Gasteiger partial charge on any atom is 0.344 e. The van der Waals surface area contributed by atoms with Crippen LogP contribution in [0.25, 0.3) is 6.08 Å². The molecule has 0 saturated carbocycles. The van der Waals surface area contributed by atoms with Crippen LogP contribution in [-0.4, -0.2) is 32.8 Å². The average molecular weight is 426 g/mol. The number of ether oxygens (including phenoxy) is 1. The zero-order chi connectivity index (χ0) is 21.8. The zero-order valence-electron chi connectivity index (χ0n) is 16.2. The van der Waals surface area contributed by atoms with Gasteiger partial charge in [-0.25, -0.2) is 9.79 Å². The number of aliphatic imine (C=N–C) groups is 1. The van der Waals surface area contributed by atoms with Crippen LogP contribution < -0.4 is 0 Å². The summed E-state index contributed by atoms with van der Waals surface area (Å²) >= 11 is 1.00. The van der Waals surface area contributed by atoms with Crippen LogP contribution in [0.4, 0.5) is 11.4 Å². The summed E-state index contributed by atoms with van der Waals surface area (Å²) in [5.41, 5.74) is 1.29. The van der Waals surface area contributed by atoms with Crippen molar-refractivity contribution in [2.45, 2.75) is 13.8 Å². The van der Waals surface area contributed by atoms with Gasteiger partial charge >= 0.3 is 5.97 Å². The van der Waals surface area contributed by atoms with E-state index < -0.39 is 10.9 Å². The Morgan fingerprint density at radius 1 is 1.27 bits per heavy atom. The molecule has 0 atom stereocenters. The number of hydrogen-bond acceptors (Lipinski definition) is 8. The van der Waals surface area contributed by atoms with E-state index in [1.807, 2.05) is 6.92 Å². The smallest absolute Gasteiger partial charge is 0.344 e. The van der Waals surface area contributed by atoms with Gasteiger partial charge in [-0.15, -0.1) is 0 Å². The van der Waals surface area contributed by atoms with E-state index in [1.165, 1.54) is 24.3 Å². The molecule has 0 amide bonds. The van der Waals surface area contributed by atoms with Crippen LogP contribution >= 0.6 is 11.8 Å². The molecule has 1 aliphatic heterocycles. The number of rotatable bonds is 5. The number of nitro benzene ring substituents is 1. The number of carbonyl (C=O) groups is 1. The predicted molar refractivity (Wildman–Crippen MR) is 115 cm³/mol. The minimum atomic E-state index is -0.761. The molecular weight excluding hydrogens is 408 g/mol. The largest absolute Gasteiger partial charge is 0.507 e. The van der Waals surface area contributed by atoms with Crippen molar-refractivity contribution in [3.05, 3.63) is 79.9 Å². The van der Waals surface area contributed by atoms with Gasteiger partial charge in [0.05, 0.1) is 22.1 Å². The summed E-state index contributed by atoms with van der Waals surface area (Å²) in [7, 11) is 0. The number of benzene rings is 2. The lowest BCUT2D eigenvalue weighted by molar-refractivity contribution is -0.384. The quantitative estimate of drug-likeness (QED) is 0.400. The Hall–Kier alpha value is -3.59. The third kappa shape index (κ3) is 4.52. The van der Waals surface area contributed by atoms with E-state index in [2.05, 4.69) is 4.99 Å². The number of thioether (sulfide) groups is 1. The number of carbonyl (C=O) groups excluding carboxylic acids is 1. The Morgan fingerprint density at radius 3 is 2.70 bits per heavy atom. The maximum absolute atomic E-state index is 12.4. The maximum atomic E-state index is 12.4. The van der Waals surface area contributed by atoms with Crippen molar-refractivity contribution in [2.75, 3.05) is 6.61 Å². The van der Waals surface area contributed by atoms with E-state index in [-0.39, 0.29) is 40.1 Å². The molecule has 0 saturated heterocycles. The summed E-state index contributed by atoms with van der Waals surface area (Å²) in [6.07, 6.45) is 1.53. The summed E-state index contributed by atoms with van der Waals surface area (Å²) in [5, 5.41) is 32.0. The highest BCUT2D eigenvalue weighted by Gasteiger charge is 2.33. The normalized spacial score (nSPS) is 16.3. The number of phenolic OH excluding ortho intramolecular Hbond substituents is 1. The number of aromatic hydroxyl groups is 1. The van der Waals surface area contributed by atoms with E-state index in [4.69, 9.17) is 4.74 Å². The number of hydrogen-bond donors (Lipinski definition) is 2. The van der Waals surface area contributed by atoms with Gasteiger partial charge in [-0.2, -0.15) is 0 Å². The third-order valence-corrected chi connectivity index (χ3v) is 5.13. The fourth-order valence-electron chi connectivity index (χ4n) is 2.70. The first kappa shape index (κ1) is 21.1. The molecule has 30 heavy (non-hydrogen) atoms. The van der Waals surface area contributed by atoms with Gasteiger partial charge in [0.2, 0.25) is 0 Å². The Balaban J connectivity index is 2.07. The van der Waals surface area contributed by atoms with Crippen molar-refractivity contribution in [3.63, 3.8) is 0 Å². The van der Waals surface area contributed by atoms with Crippen LogP contribution in [0.15, 0.2) is 63.7 Å². The van der Waals surface area contributed by atoms with E-state index in [9.17, 15) is 25.1 Å². The predicted octanol–water partition coefficient (Wildman–Crippen LogP) is 4.80. The van der Waals surface area contributed by atoms with Gasteiger partial charge in [0.1, 0.15) is 22.1 Å². The minimum absolute atomic E-state index is 0.0256. The molecule has 1 aliphatic rings. The van der Waals surface area contributed by atoms with Crippen LogP contribution in [0, 0.1) is 17.0 Å². The average Bonchev–Trinajstić information content (AvgIpc) is 2.99. The molecule has 0 aromatic heterocycles. The van der Waals surface area contributed by atoms with Crippen LogP contribution in [0.3, 0.4) is 0 Å². The van der Waals surface area contributed by atoms with Crippen LogP contribution in [-0.2, 0) is 9.53 Å². The van der Waals surface area contributed by atoms with Gasteiger partial charge in [-0.1, -0.05) is 30.0 Å². The minimum Gasteiger partial charge on any atom is -0.507 e. The fraction of sp³-hybridized carbons (Fsp3) is 0.143. The number of esters is 1. The highest BCUT2D eigenvalue weighted by atomic mass is 32.2. The molecule has 2 aromatic rings. The fourth-order valence-corrected chi connectivity index (χ4v) is 3.73. The van der Waals surface area contributed by atoms with E-state index in [0.717, 1.165) is 17.3 Å². The van der Waals surface area contributed by atoms with Crippen LogP contribution in [0.5, 0.6) is 5.75 Å². The molecule has 0 bridgehead atoms. The van der Waals surface area contributed by atoms with Crippen molar-refractivity contribution < 1.29 is 24.7 Å². The molecule has 1 heterocycles. The molecule has 0 unspecified atom stereocenters. The summed E-state index contributed by atoms with van der Waals surface area (Å²) < 4.78 is 5.03. The highest BCUT2D eigenvalue weighted by Crippen LogP contribution is 2.41. The van der Waals surface area contributed by atoms with Crippen molar-refractivity contribution in [1.29, 1.82) is 0 Å². The molecule has 0 radical (unpaired) electrons. The number of phenols is 1. The molecule has 0 spiro atoms. The number of aliphatic hydroxyl groups excluding tert-OH is 1. The monoisotopic (exact) mass is 426 g/mol. The standard InChI is InChI=1S/C21H18N2O6S/c1-3-29-21(26)18-19(25)17(10-13-8-7-12(2)9-16(13)24)30-20(18)22-14-5-4-6-15(11-14)23(27)28/h4-11,24-25H,3H2,1-2H3/b17-10+,22-20?. The lowest BCUT2D eigenvalue weighted by atomic mass is 10.1. The Kier molecular flexibility index (Phi) is 6.22. The first-order chi connectivity index (χ1) is 14.3. The number of aliphatic hydroxyl groups is 1. The van der Waals surface area contributed by atoms with Crippen molar-refractivity contribution in [3.8, 4) is 5.75 Å². The second-order valence-corrected chi connectivity index (χ2v) is 7.34. The van der Waals surface area contributed by atoms with Crippen molar-refractivity contribution >= 4 is 40.2 Å². The SMILES string of the molecule is CCOC(=O)C1=C(O)/C(=C\c2ccc(C)cc2O)SC1=Nc1cccc([N+](=O)[O-])c1. The second-order valence-electron chi connectivity index (χ2n) is 6.31. The molecule has 8 nitrogen and oxygen atoms in total. The summed E-state index contributed by atoms with van der Waals surface area (Å²) in [5.74, 6) is -1.07. The zero-order valence-corrected chi connectivity index (χ0v) is 17.0. The molecule has 154 valence electrons. The number of non-ortho nitro benzene ring substituents is 1. The molecule has 3 rings (SSSR count). The number of nitro groups is 1. The number of aryl methyl sites for hydroxylation is 1. The molecule has 0 fully saturated rings. The summed E-state index contributed by atoms with van der Waals surface area (Å²) in [6.45, 7) is 3.57. The van der Waals surface area contributed by atoms with Crippen LogP contribution in [0.1, 0.15) is 18.1 Å². The molecule has 9 heteroatoms. The third-order valence-electron chi connectivity index (χ3n) is 4.11. The Labute approximate surface area is 176 Å². The summed E-state index contributed by atoms with van der Waals surface area (Å²) in [6, 6.07) is 10.7. The Morgan fingerprint density at radius 2 is 2.03 bits per heavy atom. The topological polar surface area (TPSA) is 122 Å². The molecule has 2 N–H and O–H groups in total. The van der Waals surface area contributed by atoms with E-state index >= 15 is 0 Å². The highest BCUT2D eigenvalue weighted by molar-refractivity contribution is 8.18.